The van der Waals surface area contributed by atoms with Gasteiger partial charge in [0, 0.05) is 0 Å². The van der Waals surface area contributed by atoms with Crippen molar-refractivity contribution in [3.05, 3.63) is 0 Å². The quantitative estimate of drug-likeness (QED) is 0.532. The Kier molecular flexibility index (Phi) is 6.34. The van der Waals surface area contributed by atoms with Crippen LogP contribution in [0.4, 0.5) is 0 Å². The zero-order chi connectivity index (χ0) is 10.3. The number of aliphatic carboxylic acids is 1. The van der Waals surface area contributed by atoms with Gasteiger partial charge in [-0.1, -0.05) is 0 Å². The average Bonchev–Trinajstić information content (AvgIpc) is 2.11. The third kappa shape index (κ3) is 5.48. The van der Waals surface area contributed by atoms with Crippen molar-refractivity contribution in [1.29, 1.82) is 0 Å². The lowest BCUT2D eigenvalue weighted by Crippen LogP contribution is -2.43. The average molecular weight is 206 g/mol. The maximum absolute atomic E-state index is 10.8. The van der Waals surface area contributed by atoms with E-state index in [0.717, 1.165) is 0 Å². The second-order valence-corrected chi connectivity index (χ2v) is 3.43. The monoisotopic (exact) mass is 206 g/mol. The fourth-order valence-electron chi connectivity index (χ4n) is 0.746. The topological polar surface area (TPSA) is 92.4 Å². The Morgan fingerprint density at radius 2 is 2.23 bits per heavy atom. The normalized spacial score (nSPS) is 12.2. The van der Waals surface area contributed by atoms with Crippen LogP contribution < -0.4 is 11.1 Å². The van der Waals surface area contributed by atoms with Crippen molar-refractivity contribution in [2.75, 3.05) is 18.6 Å². The van der Waals surface area contributed by atoms with E-state index in [1.54, 1.807) is 0 Å². The number of carboxylic acid groups (broad SMARTS) is 1. The molecule has 0 saturated carbocycles. The Morgan fingerprint density at radius 3 is 2.62 bits per heavy atom. The molecule has 0 aliphatic heterocycles. The maximum atomic E-state index is 10.8. The number of thioether (sulfide) groups is 1. The van der Waals surface area contributed by atoms with Crippen molar-refractivity contribution in [3.8, 4) is 0 Å². The van der Waals surface area contributed by atoms with Gasteiger partial charge in [-0.25, -0.2) is 4.79 Å². The molecule has 0 rings (SSSR count). The van der Waals surface area contributed by atoms with Crippen LogP contribution in [0.15, 0.2) is 0 Å². The fraction of sp³-hybridized carbons (Fsp3) is 0.714. The van der Waals surface area contributed by atoms with Crippen molar-refractivity contribution in [1.82, 2.24) is 5.32 Å². The van der Waals surface area contributed by atoms with Crippen LogP contribution >= 0.6 is 11.8 Å². The van der Waals surface area contributed by atoms with Gasteiger partial charge in [0.1, 0.15) is 6.04 Å². The Hall–Kier alpha value is -0.750. The maximum Gasteiger partial charge on any atom is 0.326 e. The third-order valence-corrected chi connectivity index (χ3v) is 2.07. The molecule has 0 spiro atoms. The second kappa shape index (κ2) is 6.73. The van der Waals surface area contributed by atoms with E-state index in [9.17, 15) is 9.59 Å². The van der Waals surface area contributed by atoms with E-state index < -0.39 is 17.9 Å². The van der Waals surface area contributed by atoms with Gasteiger partial charge in [0.05, 0.1) is 6.54 Å². The zero-order valence-corrected chi connectivity index (χ0v) is 8.26. The first kappa shape index (κ1) is 12.2. The highest BCUT2D eigenvalue weighted by Crippen LogP contribution is 2.00. The summed E-state index contributed by atoms with van der Waals surface area (Å²) in [4.78, 5) is 21.4. The molecule has 76 valence electrons. The summed E-state index contributed by atoms with van der Waals surface area (Å²) >= 11 is 1.54. The number of hydrogen-bond acceptors (Lipinski definition) is 4. The van der Waals surface area contributed by atoms with Crippen LogP contribution in [-0.2, 0) is 9.59 Å². The lowest BCUT2D eigenvalue weighted by molar-refractivity contribution is -0.141. The van der Waals surface area contributed by atoms with Gasteiger partial charge in [-0.3, -0.25) is 4.79 Å². The molecule has 0 bridgehead atoms. The van der Waals surface area contributed by atoms with Crippen molar-refractivity contribution in [2.24, 2.45) is 5.73 Å². The molecular formula is C7H14N2O3S. The molecule has 0 saturated heterocycles. The van der Waals surface area contributed by atoms with E-state index in [4.69, 9.17) is 10.8 Å². The smallest absolute Gasteiger partial charge is 0.326 e. The van der Waals surface area contributed by atoms with Crippen molar-refractivity contribution in [2.45, 2.75) is 12.5 Å². The molecule has 0 aromatic heterocycles. The molecule has 0 aromatic rings. The zero-order valence-electron chi connectivity index (χ0n) is 7.45. The minimum atomic E-state index is -1.02. The molecule has 13 heavy (non-hydrogen) atoms. The molecule has 0 aliphatic carbocycles. The first-order valence-electron chi connectivity index (χ1n) is 3.83. The number of nitrogens with one attached hydrogen (secondary N) is 1. The SMILES string of the molecule is CSCC[C@@H](NC(=O)CN)C(=O)O. The lowest BCUT2D eigenvalue weighted by Gasteiger charge is -2.12. The summed E-state index contributed by atoms with van der Waals surface area (Å²) in [7, 11) is 0. The van der Waals surface area contributed by atoms with Gasteiger partial charge in [0.25, 0.3) is 0 Å². The van der Waals surface area contributed by atoms with Crippen LogP contribution in [0.25, 0.3) is 0 Å². The molecule has 0 aromatic carbocycles. The molecule has 0 radical (unpaired) electrons. The summed E-state index contributed by atoms with van der Waals surface area (Å²) in [5, 5.41) is 11.0. The molecule has 5 nitrogen and oxygen atoms in total. The predicted octanol–water partition coefficient (Wildman–Crippen LogP) is -0.732. The summed E-state index contributed by atoms with van der Waals surface area (Å²) < 4.78 is 0. The Bertz CT molecular complexity index is 187. The molecule has 4 N–H and O–H groups in total. The predicted molar refractivity (Wildman–Crippen MR) is 51.6 cm³/mol. The van der Waals surface area contributed by atoms with Crippen LogP contribution in [0.3, 0.4) is 0 Å². The Morgan fingerprint density at radius 1 is 1.62 bits per heavy atom. The highest BCUT2D eigenvalue weighted by atomic mass is 32.2. The fourth-order valence-corrected chi connectivity index (χ4v) is 1.22. The first-order chi connectivity index (χ1) is 6.11. The summed E-state index contributed by atoms with van der Waals surface area (Å²) in [6.45, 7) is -0.178. The summed E-state index contributed by atoms with van der Waals surface area (Å²) in [6.07, 6.45) is 2.30. The number of carbonyl (C=O) groups excluding carboxylic acids is 1. The van der Waals surface area contributed by atoms with Gasteiger partial charge in [-0.05, 0) is 18.4 Å². The van der Waals surface area contributed by atoms with Crippen molar-refractivity contribution < 1.29 is 14.7 Å². The lowest BCUT2D eigenvalue weighted by atomic mass is 10.2. The van der Waals surface area contributed by atoms with E-state index >= 15 is 0 Å². The first-order valence-corrected chi connectivity index (χ1v) is 5.22. The minimum Gasteiger partial charge on any atom is -0.480 e. The van der Waals surface area contributed by atoms with Crippen LogP contribution in [-0.4, -0.2) is 41.6 Å². The Balaban J connectivity index is 3.94. The number of carboxylic acids is 1. The van der Waals surface area contributed by atoms with Crippen molar-refractivity contribution >= 4 is 23.6 Å². The van der Waals surface area contributed by atoms with E-state index in [0.29, 0.717) is 12.2 Å². The van der Waals surface area contributed by atoms with Gasteiger partial charge in [-0.2, -0.15) is 11.8 Å². The number of hydrogen-bond donors (Lipinski definition) is 3. The highest BCUT2D eigenvalue weighted by molar-refractivity contribution is 7.98. The molecule has 0 fully saturated rings. The number of carbonyl (C=O) groups is 2. The molecule has 1 amide bonds. The third-order valence-electron chi connectivity index (χ3n) is 1.43. The molecular weight excluding hydrogens is 192 g/mol. The summed E-state index contributed by atoms with van der Waals surface area (Å²) in [5.74, 6) is -0.758. The molecule has 0 heterocycles. The van der Waals surface area contributed by atoms with Crippen molar-refractivity contribution in [3.63, 3.8) is 0 Å². The van der Waals surface area contributed by atoms with E-state index in [-0.39, 0.29) is 6.54 Å². The largest absolute Gasteiger partial charge is 0.480 e. The summed E-state index contributed by atoms with van der Waals surface area (Å²) in [6, 6.07) is -0.816. The van der Waals surface area contributed by atoms with Gasteiger partial charge in [0.15, 0.2) is 0 Å². The van der Waals surface area contributed by atoms with Gasteiger partial charge in [0.2, 0.25) is 5.91 Å². The van der Waals surface area contributed by atoms with Crippen LogP contribution in [0.5, 0.6) is 0 Å². The second-order valence-electron chi connectivity index (χ2n) is 2.44. The van der Waals surface area contributed by atoms with E-state index in [1.165, 1.54) is 11.8 Å². The number of amides is 1. The van der Waals surface area contributed by atoms with Gasteiger partial charge >= 0.3 is 5.97 Å². The minimum absolute atomic E-state index is 0.178. The van der Waals surface area contributed by atoms with E-state index in [2.05, 4.69) is 5.32 Å². The van der Waals surface area contributed by atoms with Gasteiger partial charge < -0.3 is 16.2 Å². The summed E-state index contributed by atoms with van der Waals surface area (Å²) in [5.41, 5.74) is 5.04. The Labute approximate surface area is 81.1 Å². The van der Waals surface area contributed by atoms with Crippen LogP contribution in [0.1, 0.15) is 6.42 Å². The molecule has 0 unspecified atom stereocenters. The van der Waals surface area contributed by atoms with Gasteiger partial charge in [-0.15, -0.1) is 0 Å². The highest BCUT2D eigenvalue weighted by Gasteiger charge is 2.18. The number of nitrogens with two attached hydrogens (primary N) is 1. The standard InChI is InChI=1S/C7H14N2O3S/c1-13-3-2-5(7(11)12)9-6(10)4-8/h5H,2-4,8H2,1H3,(H,9,10)(H,11,12)/t5-/m1/s1. The molecule has 1 atom stereocenters. The van der Waals surface area contributed by atoms with Crippen LogP contribution in [0.2, 0.25) is 0 Å². The van der Waals surface area contributed by atoms with Crippen LogP contribution in [0, 0.1) is 0 Å². The molecule has 0 aliphatic rings. The number of rotatable bonds is 6. The molecule has 6 heteroatoms. The van der Waals surface area contributed by atoms with E-state index in [1.807, 2.05) is 6.26 Å².